The normalized spacial score (nSPS) is 18.5. The van der Waals surface area contributed by atoms with Gasteiger partial charge in [-0.1, -0.05) is 25.5 Å². The van der Waals surface area contributed by atoms with Crippen LogP contribution in [-0.4, -0.2) is 51.7 Å². The monoisotopic (exact) mass is 386 g/mol. The van der Waals surface area contributed by atoms with Gasteiger partial charge < -0.3 is 15.1 Å². The summed E-state index contributed by atoms with van der Waals surface area (Å²) < 4.78 is 0. The van der Waals surface area contributed by atoms with Crippen molar-refractivity contribution in [3.8, 4) is 0 Å². The highest BCUT2D eigenvalue weighted by atomic mass is 15.3. The molecule has 2 rings (SSSR count). The molecule has 1 aromatic rings. The number of piperidine rings is 1. The molecule has 0 atom stereocenters. The summed E-state index contributed by atoms with van der Waals surface area (Å²) in [6.07, 6.45) is 9.74. The van der Waals surface area contributed by atoms with Crippen molar-refractivity contribution in [3.05, 3.63) is 31.6 Å². The largest absolute Gasteiger partial charge is 0.338 e. The van der Waals surface area contributed by atoms with E-state index in [-0.39, 0.29) is 11.1 Å². The van der Waals surface area contributed by atoms with Gasteiger partial charge in [-0.2, -0.15) is 4.98 Å². The second-order valence-corrected chi connectivity index (χ2v) is 9.07. The molecule has 0 bridgehead atoms. The Bertz CT molecular complexity index is 628. The summed E-state index contributed by atoms with van der Waals surface area (Å²) >= 11 is 0. The molecule has 0 amide bonds. The summed E-state index contributed by atoms with van der Waals surface area (Å²) in [4.78, 5) is 18.3. The molecule has 156 valence electrons. The minimum atomic E-state index is 0.0739. The fourth-order valence-electron chi connectivity index (χ4n) is 4.38. The molecule has 1 aromatic heterocycles. The fourth-order valence-corrected chi connectivity index (χ4v) is 4.38. The number of anilines is 2. The summed E-state index contributed by atoms with van der Waals surface area (Å²) in [5.74, 6) is 1.45. The van der Waals surface area contributed by atoms with Crippen LogP contribution in [0.5, 0.6) is 0 Å². The van der Waals surface area contributed by atoms with Gasteiger partial charge in [0.2, 0.25) is 11.9 Å². The van der Waals surface area contributed by atoms with E-state index in [0.717, 1.165) is 38.2 Å². The zero-order valence-electron chi connectivity index (χ0n) is 18.4. The van der Waals surface area contributed by atoms with Crippen LogP contribution in [0.4, 0.5) is 11.9 Å². The van der Waals surface area contributed by atoms with E-state index >= 15 is 0 Å². The molecule has 0 saturated carbocycles. The second kappa shape index (κ2) is 9.50. The van der Waals surface area contributed by atoms with Gasteiger partial charge in [0.05, 0.1) is 0 Å². The molecule has 2 heterocycles. The van der Waals surface area contributed by atoms with Crippen molar-refractivity contribution in [2.45, 2.75) is 77.4 Å². The van der Waals surface area contributed by atoms with Gasteiger partial charge in [0.25, 0.3) is 0 Å². The highest BCUT2D eigenvalue weighted by Crippen LogP contribution is 2.33. The zero-order valence-corrected chi connectivity index (χ0v) is 18.4. The lowest BCUT2D eigenvalue weighted by atomic mass is 9.79. The third-order valence-corrected chi connectivity index (χ3v) is 5.15. The predicted molar refractivity (Wildman–Crippen MR) is 119 cm³/mol. The minimum Gasteiger partial charge on any atom is -0.338 e. The van der Waals surface area contributed by atoms with Gasteiger partial charge >= 0.3 is 0 Å². The number of unbranched alkanes of at least 4 members (excludes halogenated alkanes) is 1. The highest BCUT2D eigenvalue weighted by Gasteiger charge is 2.40. The molecule has 0 aromatic carbocycles. The Kier molecular flexibility index (Phi) is 7.58. The van der Waals surface area contributed by atoms with Crippen LogP contribution < -0.4 is 15.1 Å². The lowest BCUT2D eigenvalue weighted by Gasteiger charge is -2.49. The number of aromatic nitrogens is 3. The molecule has 1 aliphatic rings. The molecule has 6 heteroatoms. The van der Waals surface area contributed by atoms with E-state index < -0.39 is 0 Å². The molecule has 0 radical (unpaired) electrons. The average Bonchev–Trinajstić information content (AvgIpc) is 2.59. The summed E-state index contributed by atoms with van der Waals surface area (Å²) in [5.41, 5.74) is 0.148. The lowest BCUT2D eigenvalue weighted by Crippen LogP contribution is -2.62. The van der Waals surface area contributed by atoms with Crippen LogP contribution in [0.1, 0.15) is 60.3 Å². The number of nitrogens with zero attached hydrogens (tertiary/aromatic N) is 5. The van der Waals surface area contributed by atoms with Crippen molar-refractivity contribution in [2.75, 3.05) is 29.4 Å². The van der Waals surface area contributed by atoms with Crippen LogP contribution in [0.15, 0.2) is 31.6 Å². The van der Waals surface area contributed by atoms with Crippen LogP contribution in [0, 0.1) is 0 Å². The van der Waals surface area contributed by atoms with Gasteiger partial charge in [0, 0.05) is 36.8 Å². The smallest absolute Gasteiger partial charge is 0.230 e. The van der Waals surface area contributed by atoms with Crippen molar-refractivity contribution in [2.24, 2.45) is 0 Å². The maximum atomic E-state index is 4.85. The van der Waals surface area contributed by atoms with E-state index in [1.54, 1.807) is 6.33 Å². The molecule has 0 aliphatic carbocycles. The van der Waals surface area contributed by atoms with Gasteiger partial charge in [-0.15, -0.1) is 13.2 Å². The standard InChI is InChI=1S/C22H38N6/c1-8-11-14-28(18-15-21(4,5)26-22(6,7)16-18)20-24-17-23-19(25-20)27(12-9-2)13-10-3/h9-10,17-18,26H,2-3,8,11-16H2,1,4-7H3. The van der Waals surface area contributed by atoms with Gasteiger partial charge in [0.15, 0.2) is 0 Å². The first-order valence-electron chi connectivity index (χ1n) is 10.4. The Morgan fingerprint density at radius 3 is 2.18 bits per heavy atom. The number of nitrogens with one attached hydrogen (secondary N) is 1. The van der Waals surface area contributed by atoms with Crippen LogP contribution in [0.25, 0.3) is 0 Å². The van der Waals surface area contributed by atoms with Crippen molar-refractivity contribution in [1.82, 2.24) is 20.3 Å². The van der Waals surface area contributed by atoms with Crippen LogP contribution in [0.2, 0.25) is 0 Å². The van der Waals surface area contributed by atoms with Crippen LogP contribution >= 0.6 is 0 Å². The minimum absolute atomic E-state index is 0.0739. The van der Waals surface area contributed by atoms with E-state index in [2.05, 4.69) is 72.9 Å². The molecule has 1 fully saturated rings. The van der Waals surface area contributed by atoms with Crippen LogP contribution in [-0.2, 0) is 0 Å². The Morgan fingerprint density at radius 2 is 1.64 bits per heavy atom. The van der Waals surface area contributed by atoms with Crippen molar-refractivity contribution in [3.63, 3.8) is 0 Å². The Balaban J connectivity index is 2.36. The number of hydrogen-bond donors (Lipinski definition) is 1. The molecule has 0 unspecified atom stereocenters. The third-order valence-electron chi connectivity index (χ3n) is 5.15. The summed E-state index contributed by atoms with van der Waals surface area (Å²) in [6.45, 7) is 21.4. The fraction of sp³-hybridized carbons (Fsp3) is 0.682. The topological polar surface area (TPSA) is 57.2 Å². The van der Waals surface area contributed by atoms with Gasteiger partial charge in [0.1, 0.15) is 6.33 Å². The van der Waals surface area contributed by atoms with Crippen molar-refractivity contribution < 1.29 is 0 Å². The van der Waals surface area contributed by atoms with Crippen molar-refractivity contribution in [1.29, 1.82) is 0 Å². The molecular formula is C22H38N6. The van der Waals surface area contributed by atoms with E-state index in [4.69, 9.17) is 4.98 Å². The Labute approximate surface area is 171 Å². The molecule has 0 spiro atoms. The first-order valence-corrected chi connectivity index (χ1v) is 10.4. The molecule has 6 nitrogen and oxygen atoms in total. The summed E-state index contributed by atoms with van der Waals surface area (Å²) in [5, 5.41) is 3.78. The third kappa shape index (κ3) is 6.03. The maximum absolute atomic E-state index is 4.85. The maximum Gasteiger partial charge on any atom is 0.230 e. The Hall–Kier alpha value is -1.95. The molecule has 28 heavy (non-hydrogen) atoms. The zero-order chi connectivity index (χ0) is 20.8. The SMILES string of the molecule is C=CCN(CC=C)c1ncnc(N(CCCC)C2CC(C)(C)NC(C)(C)C2)n1. The summed E-state index contributed by atoms with van der Waals surface area (Å²) in [6, 6.07) is 0.389. The van der Waals surface area contributed by atoms with Gasteiger partial charge in [-0.25, -0.2) is 9.97 Å². The summed E-state index contributed by atoms with van der Waals surface area (Å²) in [7, 11) is 0. The Morgan fingerprint density at radius 1 is 1.07 bits per heavy atom. The number of hydrogen-bond acceptors (Lipinski definition) is 6. The van der Waals surface area contributed by atoms with Gasteiger partial charge in [-0.3, -0.25) is 0 Å². The second-order valence-electron chi connectivity index (χ2n) is 9.07. The molecular weight excluding hydrogens is 348 g/mol. The van der Waals surface area contributed by atoms with Gasteiger partial charge in [-0.05, 0) is 47.0 Å². The molecule has 1 aliphatic heterocycles. The quantitative estimate of drug-likeness (QED) is 0.614. The van der Waals surface area contributed by atoms with Crippen LogP contribution in [0.3, 0.4) is 0 Å². The molecule has 1 saturated heterocycles. The number of rotatable bonds is 10. The molecule has 1 N–H and O–H groups in total. The first-order chi connectivity index (χ1) is 13.2. The van der Waals surface area contributed by atoms with Crippen molar-refractivity contribution >= 4 is 11.9 Å². The predicted octanol–water partition coefficient (Wildman–Crippen LogP) is 3.97. The average molecular weight is 387 g/mol. The van der Waals surface area contributed by atoms with E-state index in [9.17, 15) is 0 Å². The highest BCUT2D eigenvalue weighted by molar-refractivity contribution is 5.40. The lowest BCUT2D eigenvalue weighted by molar-refractivity contribution is 0.157. The van der Waals surface area contributed by atoms with E-state index in [0.29, 0.717) is 25.1 Å². The van der Waals surface area contributed by atoms with E-state index in [1.165, 1.54) is 0 Å². The first kappa shape index (κ1) is 22.3. The van der Waals surface area contributed by atoms with E-state index in [1.807, 2.05) is 12.2 Å².